The molecule has 1 unspecified atom stereocenters. The molecule has 1 amide bonds. The first kappa shape index (κ1) is 29.9. The highest BCUT2D eigenvalue weighted by atomic mass is 32.2. The van der Waals surface area contributed by atoms with Gasteiger partial charge >= 0.3 is 6.18 Å². The summed E-state index contributed by atoms with van der Waals surface area (Å²) in [4.78, 5) is 16.5. The summed E-state index contributed by atoms with van der Waals surface area (Å²) >= 11 is 4.32. The Labute approximate surface area is 237 Å². The van der Waals surface area contributed by atoms with Crippen molar-refractivity contribution in [3.63, 3.8) is 0 Å². The number of aliphatic hydroxyl groups is 1. The van der Waals surface area contributed by atoms with Crippen molar-refractivity contribution in [2.24, 2.45) is 0 Å². The summed E-state index contributed by atoms with van der Waals surface area (Å²) in [6.45, 7) is 2.57. The molecule has 0 radical (unpaired) electrons. The van der Waals surface area contributed by atoms with E-state index in [1.807, 2.05) is 11.0 Å². The number of benzene rings is 3. The third-order valence-corrected chi connectivity index (χ3v) is 9.55. The van der Waals surface area contributed by atoms with Gasteiger partial charge in [-0.1, -0.05) is 42.5 Å². The van der Waals surface area contributed by atoms with Crippen molar-refractivity contribution in [2.75, 3.05) is 36.0 Å². The number of sulfonamides is 1. The number of alkyl halides is 3. The monoisotopic (exact) mass is 593 g/mol. The Bertz CT molecular complexity index is 1450. The molecule has 0 saturated carbocycles. The fraction of sp³-hybridized carbons (Fsp3) is 0.321. The minimum Gasteiger partial charge on any atom is -0.376 e. The Hall–Kier alpha value is -3.06. The molecule has 1 fully saturated rings. The van der Waals surface area contributed by atoms with Crippen LogP contribution in [-0.2, 0) is 20.4 Å². The molecule has 4 rings (SSSR count). The van der Waals surface area contributed by atoms with Gasteiger partial charge in [0.1, 0.15) is 0 Å². The Kier molecular flexibility index (Phi) is 8.55. The molecule has 1 heterocycles. The van der Waals surface area contributed by atoms with Gasteiger partial charge in [-0.2, -0.15) is 17.5 Å². The molecule has 40 heavy (non-hydrogen) atoms. The summed E-state index contributed by atoms with van der Waals surface area (Å²) in [5.74, 6) is -0.247. The number of nitrogens with zero attached hydrogens (tertiary/aromatic N) is 3. The normalized spacial score (nSPS) is 18.3. The smallest absolute Gasteiger partial charge is 0.376 e. The predicted octanol–water partition coefficient (Wildman–Crippen LogP) is 4.68. The van der Waals surface area contributed by atoms with E-state index in [4.69, 9.17) is 0 Å². The van der Waals surface area contributed by atoms with Gasteiger partial charge in [-0.25, -0.2) is 8.42 Å². The molecule has 0 aromatic heterocycles. The lowest BCUT2D eigenvalue weighted by molar-refractivity contribution is -0.258. The average molecular weight is 594 g/mol. The maximum absolute atomic E-state index is 13.6. The quantitative estimate of drug-likeness (QED) is 0.389. The molecule has 214 valence electrons. The lowest BCUT2D eigenvalue weighted by Crippen LogP contribution is -2.59. The molecule has 1 saturated heterocycles. The molecule has 2 atom stereocenters. The Morgan fingerprint density at radius 3 is 2.17 bits per heavy atom. The number of thiol groups is 1. The van der Waals surface area contributed by atoms with Gasteiger partial charge in [-0.15, -0.1) is 12.6 Å². The molecular formula is C28H30F3N3O4S2. The number of hydrogen-bond acceptors (Lipinski definition) is 6. The van der Waals surface area contributed by atoms with Crippen LogP contribution in [-0.4, -0.2) is 62.1 Å². The minimum atomic E-state index is -4.86. The van der Waals surface area contributed by atoms with Crippen LogP contribution >= 0.6 is 12.6 Å². The van der Waals surface area contributed by atoms with Crippen LogP contribution in [0.25, 0.3) is 0 Å². The van der Waals surface area contributed by atoms with Gasteiger partial charge in [-0.3, -0.25) is 4.79 Å². The van der Waals surface area contributed by atoms with E-state index in [2.05, 4.69) is 12.6 Å². The van der Waals surface area contributed by atoms with Crippen molar-refractivity contribution >= 4 is 39.9 Å². The van der Waals surface area contributed by atoms with E-state index in [0.717, 1.165) is 0 Å². The van der Waals surface area contributed by atoms with Crippen molar-refractivity contribution in [3.05, 3.63) is 84.4 Å². The Balaban J connectivity index is 1.70. The van der Waals surface area contributed by atoms with Gasteiger partial charge in [0.2, 0.25) is 15.9 Å². The second-order valence-electron chi connectivity index (χ2n) is 9.76. The second-order valence-corrected chi connectivity index (χ2v) is 12.1. The van der Waals surface area contributed by atoms with Crippen LogP contribution in [0.2, 0.25) is 0 Å². The van der Waals surface area contributed by atoms with Crippen molar-refractivity contribution in [1.29, 1.82) is 0 Å². The minimum absolute atomic E-state index is 0.0169. The zero-order valence-electron chi connectivity index (χ0n) is 21.9. The van der Waals surface area contributed by atoms with E-state index in [-0.39, 0.29) is 42.5 Å². The molecule has 7 nitrogen and oxygen atoms in total. The molecule has 12 heteroatoms. The number of amides is 1. The van der Waals surface area contributed by atoms with Crippen molar-refractivity contribution in [2.45, 2.75) is 41.5 Å². The zero-order chi connectivity index (χ0) is 29.3. The second kappa shape index (κ2) is 11.4. The van der Waals surface area contributed by atoms with E-state index in [1.165, 1.54) is 41.6 Å². The van der Waals surface area contributed by atoms with Crippen LogP contribution in [0.4, 0.5) is 24.5 Å². The van der Waals surface area contributed by atoms with Crippen LogP contribution in [0.5, 0.6) is 0 Å². The molecular weight excluding hydrogens is 563 g/mol. The lowest BCUT2D eigenvalue weighted by atomic mass is 9.95. The fourth-order valence-corrected chi connectivity index (χ4v) is 6.79. The third-order valence-electron chi connectivity index (χ3n) is 7.08. The first-order chi connectivity index (χ1) is 18.7. The number of carbonyl (C=O) groups is 1. The number of rotatable bonds is 7. The number of anilines is 2. The summed E-state index contributed by atoms with van der Waals surface area (Å²) in [7, 11) is -3.93. The zero-order valence-corrected chi connectivity index (χ0v) is 23.6. The summed E-state index contributed by atoms with van der Waals surface area (Å²) in [5, 5.41) is 10.1. The van der Waals surface area contributed by atoms with Gasteiger partial charge in [0.15, 0.2) is 5.60 Å². The van der Waals surface area contributed by atoms with E-state index in [1.54, 1.807) is 47.4 Å². The van der Waals surface area contributed by atoms with Crippen LogP contribution in [0.3, 0.4) is 0 Å². The van der Waals surface area contributed by atoms with Gasteiger partial charge in [0.05, 0.1) is 10.9 Å². The first-order valence-corrected chi connectivity index (χ1v) is 14.4. The van der Waals surface area contributed by atoms with E-state index < -0.39 is 27.8 Å². The van der Waals surface area contributed by atoms with Gasteiger partial charge in [0, 0.05) is 49.4 Å². The predicted molar refractivity (Wildman–Crippen MR) is 150 cm³/mol. The van der Waals surface area contributed by atoms with Crippen molar-refractivity contribution < 1.29 is 31.5 Å². The fourth-order valence-electron chi connectivity index (χ4n) is 4.73. The van der Waals surface area contributed by atoms with Crippen LogP contribution in [0.1, 0.15) is 19.4 Å². The third kappa shape index (κ3) is 5.99. The molecule has 1 N–H and O–H groups in total. The van der Waals surface area contributed by atoms with Crippen molar-refractivity contribution in [1.82, 2.24) is 4.31 Å². The molecule has 0 aliphatic carbocycles. The largest absolute Gasteiger partial charge is 0.421 e. The highest BCUT2D eigenvalue weighted by Gasteiger charge is 2.51. The first-order valence-electron chi connectivity index (χ1n) is 12.5. The number of carbonyl (C=O) groups excluding carboxylic acids is 1. The van der Waals surface area contributed by atoms with Gasteiger partial charge in [-0.05, 0) is 48.9 Å². The Morgan fingerprint density at radius 2 is 1.60 bits per heavy atom. The number of halogens is 3. The Morgan fingerprint density at radius 1 is 1.00 bits per heavy atom. The molecule has 0 bridgehead atoms. The number of piperazine rings is 1. The summed E-state index contributed by atoms with van der Waals surface area (Å²) in [5.41, 5.74) is -2.18. The number of hydrogen-bond donors (Lipinski definition) is 2. The van der Waals surface area contributed by atoms with Crippen molar-refractivity contribution in [3.8, 4) is 0 Å². The summed E-state index contributed by atoms with van der Waals surface area (Å²) < 4.78 is 68.6. The van der Waals surface area contributed by atoms with Crippen LogP contribution in [0, 0.1) is 0 Å². The SMILES string of the molecule is CC(=O)N(C[C@H]1CN(S(=O)(=O)c2ccccc2S)CCN1c1ccc(C(C)(O)C(F)(F)F)cc1)c1ccccc1. The van der Waals surface area contributed by atoms with E-state index in [9.17, 15) is 31.5 Å². The maximum atomic E-state index is 13.6. The number of para-hydroxylation sites is 1. The summed E-state index contributed by atoms with van der Waals surface area (Å²) in [6.07, 6.45) is -4.86. The summed E-state index contributed by atoms with van der Waals surface area (Å²) in [6, 6.07) is 20.1. The highest BCUT2D eigenvalue weighted by molar-refractivity contribution is 7.90. The standard InChI is InChI=1S/C28H30F3N3O4S2/c1-20(35)34(22-8-4-3-5-9-22)19-24-18-32(40(37,38)26-11-7-6-10-25(26)39)16-17-33(24)23-14-12-21(13-15-23)27(2,36)28(29,30)31/h3-15,24,36,39H,16-19H2,1-2H3/t24-,27?/m1/s1. The molecule has 3 aromatic carbocycles. The molecule has 1 aliphatic heterocycles. The van der Waals surface area contributed by atoms with Gasteiger partial charge < -0.3 is 14.9 Å². The van der Waals surface area contributed by atoms with Gasteiger partial charge in [0.25, 0.3) is 0 Å². The average Bonchev–Trinajstić information content (AvgIpc) is 2.91. The lowest BCUT2D eigenvalue weighted by Gasteiger charge is -2.44. The molecule has 3 aromatic rings. The van der Waals surface area contributed by atoms with Crippen LogP contribution in [0.15, 0.2) is 88.7 Å². The maximum Gasteiger partial charge on any atom is 0.421 e. The molecule has 0 spiro atoms. The highest BCUT2D eigenvalue weighted by Crippen LogP contribution is 2.39. The molecule has 1 aliphatic rings. The van der Waals surface area contributed by atoms with Crippen LogP contribution < -0.4 is 9.80 Å². The van der Waals surface area contributed by atoms with E-state index in [0.29, 0.717) is 23.2 Å². The van der Waals surface area contributed by atoms with E-state index >= 15 is 0 Å². The topological polar surface area (TPSA) is 81.2 Å².